The van der Waals surface area contributed by atoms with E-state index in [0.29, 0.717) is 0 Å². The minimum Gasteiger partial charge on any atom is -0.384 e. The van der Waals surface area contributed by atoms with E-state index < -0.39 is 0 Å². The number of benzene rings is 2. The molecular weight excluding hydrogens is 332 g/mol. The molecule has 0 atom stereocenters. The van der Waals surface area contributed by atoms with Crippen molar-refractivity contribution in [2.24, 2.45) is 0 Å². The van der Waals surface area contributed by atoms with E-state index in [1.807, 2.05) is 18.3 Å². The average molecular weight is 356 g/mol. The Bertz CT molecular complexity index is 1070. The van der Waals surface area contributed by atoms with Gasteiger partial charge in [-0.15, -0.1) is 0 Å². The van der Waals surface area contributed by atoms with Crippen molar-refractivity contribution in [3.05, 3.63) is 66.9 Å². The molecule has 0 aliphatic rings. The minimum absolute atomic E-state index is 0.938. The Balaban J connectivity index is 1.71. The van der Waals surface area contributed by atoms with Crippen LogP contribution in [0.1, 0.15) is 6.42 Å². The molecule has 4 rings (SSSR count). The Morgan fingerprint density at radius 2 is 1.81 bits per heavy atom. The molecule has 136 valence electrons. The van der Waals surface area contributed by atoms with Gasteiger partial charge in [0.05, 0.1) is 16.7 Å². The molecule has 4 aromatic rings. The molecule has 0 aliphatic heterocycles. The molecular formula is C23H24N4. The van der Waals surface area contributed by atoms with Crippen LogP contribution in [0, 0.1) is 0 Å². The second kappa shape index (κ2) is 7.72. The van der Waals surface area contributed by atoms with Crippen LogP contribution in [0.2, 0.25) is 0 Å². The Labute approximate surface area is 159 Å². The highest BCUT2D eigenvalue weighted by Crippen LogP contribution is 2.29. The zero-order valence-corrected chi connectivity index (χ0v) is 15.8. The third-order valence-corrected chi connectivity index (χ3v) is 4.71. The molecule has 4 heteroatoms. The second-order valence-electron chi connectivity index (χ2n) is 7.07. The van der Waals surface area contributed by atoms with Crippen LogP contribution in [0.4, 0.5) is 5.69 Å². The normalized spacial score (nSPS) is 11.4. The van der Waals surface area contributed by atoms with Gasteiger partial charge in [-0.2, -0.15) is 0 Å². The summed E-state index contributed by atoms with van der Waals surface area (Å²) in [7, 11) is 4.21. The lowest BCUT2D eigenvalue weighted by molar-refractivity contribution is 0.405. The standard InChI is InChI=1S/C23H24N4/c1-27(2)14-6-13-25-23-16-22(26-21-9-4-3-8-19(21)23)18-10-11-20-17(15-18)7-5-12-24-20/h3-5,7-12,15-16H,6,13-14H2,1-2H3,(H,25,26). The highest BCUT2D eigenvalue weighted by atomic mass is 15.1. The zero-order chi connectivity index (χ0) is 18.6. The summed E-state index contributed by atoms with van der Waals surface area (Å²) in [5.41, 5.74) is 5.24. The lowest BCUT2D eigenvalue weighted by atomic mass is 10.1. The summed E-state index contributed by atoms with van der Waals surface area (Å²) in [4.78, 5) is 11.5. The third kappa shape index (κ3) is 3.91. The number of fused-ring (bicyclic) bond motifs is 2. The van der Waals surface area contributed by atoms with Crippen molar-refractivity contribution in [2.45, 2.75) is 6.42 Å². The molecule has 2 aromatic heterocycles. The Kier molecular flexibility index (Phi) is 4.99. The van der Waals surface area contributed by atoms with Gasteiger partial charge in [0.25, 0.3) is 0 Å². The van der Waals surface area contributed by atoms with Gasteiger partial charge in [-0.05, 0) is 57.4 Å². The summed E-state index contributed by atoms with van der Waals surface area (Å²) >= 11 is 0. The van der Waals surface area contributed by atoms with Gasteiger partial charge in [0.15, 0.2) is 0 Å². The monoisotopic (exact) mass is 356 g/mol. The predicted octanol–water partition coefficient (Wildman–Crippen LogP) is 4.81. The van der Waals surface area contributed by atoms with Crippen molar-refractivity contribution in [2.75, 3.05) is 32.5 Å². The zero-order valence-electron chi connectivity index (χ0n) is 15.8. The lowest BCUT2D eigenvalue weighted by Gasteiger charge is -2.14. The number of nitrogens with zero attached hydrogens (tertiary/aromatic N) is 3. The summed E-state index contributed by atoms with van der Waals surface area (Å²) in [6.45, 7) is 2.01. The number of pyridine rings is 2. The first-order chi connectivity index (χ1) is 13.2. The van der Waals surface area contributed by atoms with Gasteiger partial charge in [-0.1, -0.05) is 30.3 Å². The highest BCUT2D eigenvalue weighted by Gasteiger charge is 2.08. The first-order valence-electron chi connectivity index (χ1n) is 9.34. The maximum Gasteiger partial charge on any atom is 0.0730 e. The van der Waals surface area contributed by atoms with E-state index in [4.69, 9.17) is 4.98 Å². The van der Waals surface area contributed by atoms with Gasteiger partial charge in [-0.3, -0.25) is 4.98 Å². The van der Waals surface area contributed by atoms with Crippen molar-refractivity contribution >= 4 is 27.5 Å². The van der Waals surface area contributed by atoms with Crippen LogP contribution in [0.3, 0.4) is 0 Å². The predicted molar refractivity (Wildman–Crippen MR) is 114 cm³/mol. The van der Waals surface area contributed by atoms with E-state index in [1.54, 1.807) is 0 Å². The number of hydrogen-bond acceptors (Lipinski definition) is 4. The Morgan fingerprint density at radius 1 is 0.926 bits per heavy atom. The summed E-state index contributed by atoms with van der Waals surface area (Å²) < 4.78 is 0. The topological polar surface area (TPSA) is 41.0 Å². The quantitative estimate of drug-likeness (QED) is 0.503. The number of rotatable bonds is 6. The lowest BCUT2D eigenvalue weighted by Crippen LogP contribution is -2.16. The molecule has 2 aromatic carbocycles. The summed E-state index contributed by atoms with van der Waals surface area (Å²) in [6.07, 6.45) is 2.92. The minimum atomic E-state index is 0.938. The third-order valence-electron chi connectivity index (χ3n) is 4.71. The van der Waals surface area contributed by atoms with Crippen molar-refractivity contribution in [1.29, 1.82) is 0 Å². The second-order valence-corrected chi connectivity index (χ2v) is 7.07. The SMILES string of the molecule is CN(C)CCCNc1cc(-c2ccc3ncccc3c2)nc2ccccc12. The van der Waals surface area contributed by atoms with Crippen LogP contribution in [-0.2, 0) is 0 Å². The fraction of sp³-hybridized carbons (Fsp3) is 0.217. The van der Waals surface area contributed by atoms with Crippen LogP contribution in [0.15, 0.2) is 66.9 Å². The van der Waals surface area contributed by atoms with E-state index in [-0.39, 0.29) is 0 Å². The molecule has 27 heavy (non-hydrogen) atoms. The van der Waals surface area contributed by atoms with Crippen LogP contribution in [0.5, 0.6) is 0 Å². The maximum absolute atomic E-state index is 4.90. The van der Waals surface area contributed by atoms with Gasteiger partial charge >= 0.3 is 0 Å². The van der Waals surface area contributed by atoms with Gasteiger partial charge in [0, 0.05) is 34.8 Å². The molecule has 0 aliphatic carbocycles. The fourth-order valence-corrected chi connectivity index (χ4v) is 3.32. The molecule has 4 nitrogen and oxygen atoms in total. The largest absolute Gasteiger partial charge is 0.384 e. The highest BCUT2D eigenvalue weighted by molar-refractivity contribution is 5.94. The molecule has 0 saturated carbocycles. The first-order valence-corrected chi connectivity index (χ1v) is 9.34. The first kappa shape index (κ1) is 17.4. The molecule has 0 spiro atoms. The van der Waals surface area contributed by atoms with Crippen molar-refractivity contribution in [3.8, 4) is 11.3 Å². The molecule has 2 heterocycles. The Hall–Kier alpha value is -2.98. The van der Waals surface area contributed by atoms with Crippen LogP contribution < -0.4 is 5.32 Å². The summed E-state index contributed by atoms with van der Waals surface area (Å²) in [5, 5.41) is 5.90. The number of nitrogens with one attached hydrogen (secondary N) is 1. The maximum atomic E-state index is 4.90. The molecule has 0 saturated heterocycles. The smallest absolute Gasteiger partial charge is 0.0730 e. The van der Waals surface area contributed by atoms with Gasteiger partial charge in [-0.25, -0.2) is 4.98 Å². The van der Waals surface area contributed by atoms with E-state index in [0.717, 1.165) is 58.3 Å². The van der Waals surface area contributed by atoms with Crippen LogP contribution in [0.25, 0.3) is 33.1 Å². The molecule has 0 bridgehead atoms. The molecule has 0 radical (unpaired) electrons. The van der Waals surface area contributed by atoms with Gasteiger partial charge in [0.1, 0.15) is 0 Å². The van der Waals surface area contributed by atoms with E-state index in [9.17, 15) is 0 Å². The van der Waals surface area contributed by atoms with Gasteiger partial charge < -0.3 is 10.2 Å². The Morgan fingerprint density at radius 3 is 2.70 bits per heavy atom. The summed E-state index contributed by atoms with van der Waals surface area (Å²) in [6, 6.07) is 20.9. The van der Waals surface area contributed by atoms with Crippen LogP contribution >= 0.6 is 0 Å². The van der Waals surface area contributed by atoms with Crippen molar-refractivity contribution < 1.29 is 0 Å². The van der Waals surface area contributed by atoms with Crippen LogP contribution in [-0.4, -0.2) is 42.1 Å². The summed E-state index contributed by atoms with van der Waals surface area (Å²) in [5.74, 6) is 0. The molecule has 0 fully saturated rings. The molecule has 1 N–H and O–H groups in total. The molecule has 0 unspecified atom stereocenters. The molecule has 0 amide bonds. The van der Waals surface area contributed by atoms with E-state index in [1.165, 1.54) is 0 Å². The van der Waals surface area contributed by atoms with Crippen molar-refractivity contribution in [1.82, 2.24) is 14.9 Å². The average Bonchev–Trinajstić information content (AvgIpc) is 2.70. The van der Waals surface area contributed by atoms with E-state index >= 15 is 0 Å². The number of aromatic nitrogens is 2. The number of anilines is 1. The number of hydrogen-bond donors (Lipinski definition) is 1. The van der Waals surface area contributed by atoms with Crippen molar-refractivity contribution in [3.63, 3.8) is 0 Å². The fourth-order valence-electron chi connectivity index (χ4n) is 3.32. The van der Waals surface area contributed by atoms with Gasteiger partial charge in [0.2, 0.25) is 0 Å². The number of para-hydroxylation sites is 1. The van der Waals surface area contributed by atoms with E-state index in [2.05, 4.69) is 77.8 Å².